The molecule has 18 heavy (non-hydrogen) atoms. The molecule has 0 bridgehead atoms. The van der Waals surface area contributed by atoms with Crippen molar-refractivity contribution in [1.82, 2.24) is 4.90 Å². The van der Waals surface area contributed by atoms with Gasteiger partial charge < -0.3 is 5.11 Å². The van der Waals surface area contributed by atoms with Crippen LogP contribution in [0.3, 0.4) is 0 Å². The molecule has 0 aromatic heterocycles. The first-order valence-electron chi connectivity index (χ1n) is 6.08. The van der Waals surface area contributed by atoms with Crippen molar-refractivity contribution in [2.75, 3.05) is 6.54 Å². The third-order valence-corrected chi connectivity index (χ3v) is 3.37. The van der Waals surface area contributed by atoms with Crippen LogP contribution in [0.25, 0.3) is 0 Å². The number of carbonyl (C=O) groups excluding carboxylic acids is 2. The zero-order valence-corrected chi connectivity index (χ0v) is 10.6. The molecule has 0 spiro atoms. The molecule has 1 aliphatic heterocycles. The average molecular weight is 247 g/mol. The molecular formula is C14H17NO3. The minimum absolute atomic E-state index is 0.0485. The third-order valence-electron chi connectivity index (χ3n) is 3.37. The second-order valence-corrected chi connectivity index (χ2v) is 4.82. The normalized spacial score (nSPS) is 21.5. The molecule has 1 aromatic carbocycles. The Kier molecular flexibility index (Phi) is 3.48. The summed E-state index contributed by atoms with van der Waals surface area (Å²) in [5.74, 6) is -0.644. The number of hydrogen-bond acceptors (Lipinski definition) is 3. The zero-order chi connectivity index (χ0) is 13.3. The molecule has 0 saturated carbocycles. The van der Waals surface area contributed by atoms with Gasteiger partial charge in [0.1, 0.15) is 0 Å². The van der Waals surface area contributed by atoms with E-state index in [0.29, 0.717) is 0 Å². The second-order valence-electron chi connectivity index (χ2n) is 4.82. The Labute approximate surface area is 106 Å². The smallest absolute Gasteiger partial charge is 0.232 e. The van der Waals surface area contributed by atoms with Crippen LogP contribution < -0.4 is 0 Å². The van der Waals surface area contributed by atoms with Crippen LogP contribution in [0.5, 0.6) is 0 Å². The number of aliphatic hydroxyl groups excluding tert-OH is 1. The van der Waals surface area contributed by atoms with E-state index in [1.807, 2.05) is 31.2 Å². The van der Waals surface area contributed by atoms with E-state index in [0.717, 1.165) is 11.1 Å². The van der Waals surface area contributed by atoms with Crippen LogP contribution >= 0.6 is 0 Å². The van der Waals surface area contributed by atoms with Crippen molar-refractivity contribution in [1.29, 1.82) is 0 Å². The van der Waals surface area contributed by atoms with Crippen LogP contribution in [-0.2, 0) is 9.59 Å². The van der Waals surface area contributed by atoms with Gasteiger partial charge in [-0.25, -0.2) is 0 Å². The molecular weight excluding hydrogens is 230 g/mol. The highest BCUT2D eigenvalue weighted by atomic mass is 16.3. The summed E-state index contributed by atoms with van der Waals surface area (Å²) in [4.78, 5) is 24.6. The van der Waals surface area contributed by atoms with E-state index in [4.69, 9.17) is 0 Å². The van der Waals surface area contributed by atoms with Crippen molar-refractivity contribution in [3.63, 3.8) is 0 Å². The third kappa shape index (κ3) is 2.29. The Bertz CT molecular complexity index is 484. The summed E-state index contributed by atoms with van der Waals surface area (Å²) in [5.41, 5.74) is 1.72. The predicted molar refractivity (Wildman–Crippen MR) is 66.6 cm³/mol. The van der Waals surface area contributed by atoms with Gasteiger partial charge in [0.2, 0.25) is 11.8 Å². The van der Waals surface area contributed by atoms with Gasteiger partial charge in [-0.1, -0.05) is 31.2 Å². The molecule has 4 heteroatoms. The number of aliphatic hydroxyl groups is 1. The van der Waals surface area contributed by atoms with Gasteiger partial charge in [0.15, 0.2) is 0 Å². The van der Waals surface area contributed by atoms with Crippen LogP contribution in [0.2, 0.25) is 0 Å². The minimum atomic E-state index is -0.815. The van der Waals surface area contributed by atoms with E-state index in [9.17, 15) is 14.7 Å². The summed E-state index contributed by atoms with van der Waals surface area (Å²) < 4.78 is 0. The fraction of sp³-hybridized carbons (Fsp3) is 0.429. The quantitative estimate of drug-likeness (QED) is 0.822. The Morgan fingerprint density at radius 1 is 1.39 bits per heavy atom. The molecule has 1 aromatic rings. The Balaban J connectivity index is 2.13. The van der Waals surface area contributed by atoms with Crippen LogP contribution in [-0.4, -0.2) is 28.4 Å². The number of hydrogen-bond donors (Lipinski definition) is 1. The van der Waals surface area contributed by atoms with Gasteiger partial charge >= 0.3 is 0 Å². The summed E-state index contributed by atoms with van der Waals surface area (Å²) in [5, 5.41) is 10.1. The maximum absolute atomic E-state index is 11.8. The summed E-state index contributed by atoms with van der Waals surface area (Å²) in [6.45, 7) is 3.68. The summed E-state index contributed by atoms with van der Waals surface area (Å²) in [6, 6.07) is 7.44. The lowest BCUT2D eigenvalue weighted by molar-refractivity contribution is -0.140. The molecule has 1 saturated heterocycles. The predicted octanol–water partition coefficient (Wildman–Crippen LogP) is 1.42. The van der Waals surface area contributed by atoms with Gasteiger partial charge in [-0.2, -0.15) is 0 Å². The monoisotopic (exact) mass is 247 g/mol. The molecule has 2 unspecified atom stereocenters. The molecule has 2 atom stereocenters. The molecule has 4 nitrogen and oxygen atoms in total. The standard InChI is InChI=1S/C14H17NO3/c1-9-5-3-4-6-11(9)12(16)8-15-13(17)7-10(2)14(15)18/h3-6,10,12,16H,7-8H2,1-2H3. The highest BCUT2D eigenvalue weighted by Crippen LogP contribution is 2.24. The highest BCUT2D eigenvalue weighted by Gasteiger charge is 2.36. The first-order valence-corrected chi connectivity index (χ1v) is 6.08. The summed E-state index contributed by atoms with van der Waals surface area (Å²) >= 11 is 0. The number of carbonyl (C=O) groups is 2. The molecule has 0 aliphatic carbocycles. The number of aryl methyl sites for hydroxylation is 1. The number of imide groups is 1. The molecule has 2 amide bonds. The van der Waals surface area contributed by atoms with Crippen LogP contribution in [0.15, 0.2) is 24.3 Å². The van der Waals surface area contributed by atoms with Crippen LogP contribution in [0, 0.1) is 12.8 Å². The maximum Gasteiger partial charge on any atom is 0.232 e. The van der Waals surface area contributed by atoms with Crippen molar-refractivity contribution in [2.45, 2.75) is 26.4 Å². The number of β-amino-alcohol motifs (C(OH)–C–C–N with tert-alkyl or cyclic N) is 1. The minimum Gasteiger partial charge on any atom is -0.387 e. The van der Waals surface area contributed by atoms with E-state index >= 15 is 0 Å². The Hall–Kier alpha value is -1.68. The lowest BCUT2D eigenvalue weighted by Crippen LogP contribution is -2.34. The number of likely N-dealkylation sites (tertiary alicyclic amines) is 1. The van der Waals surface area contributed by atoms with Crippen molar-refractivity contribution in [3.8, 4) is 0 Å². The summed E-state index contributed by atoms with van der Waals surface area (Å²) in [6.07, 6.45) is -0.566. The molecule has 1 N–H and O–H groups in total. The Morgan fingerprint density at radius 2 is 2.06 bits per heavy atom. The van der Waals surface area contributed by atoms with Gasteiger partial charge in [-0.15, -0.1) is 0 Å². The first kappa shape index (κ1) is 12.8. The van der Waals surface area contributed by atoms with Gasteiger partial charge in [-0.05, 0) is 18.1 Å². The van der Waals surface area contributed by atoms with E-state index in [1.54, 1.807) is 6.92 Å². The van der Waals surface area contributed by atoms with Gasteiger partial charge in [0.05, 0.1) is 12.6 Å². The van der Waals surface area contributed by atoms with E-state index in [1.165, 1.54) is 4.90 Å². The average Bonchev–Trinajstić information content (AvgIpc) is 2.56. The largest absolute Gasteiger partial charge is 0.387 e. The number of amides is 2. The van der Waals surface area contributed by atoms with Crippen LogP contribution in [0.1, 0.15) is 30.6 Å². The molecule has 1 fully saturated rings. The van der Waals surface area contributed by atoms with Gasteiger partial charge in [-0.3, -0.25) is 14.5 Å². The molecule has 2 rings (SSSR count). The SMILES string of the molecule is Cc1ccccc1C(O)CN1C(=O)CC(C)C1=O. The van der Waals surface area contributed by atoms with Gasteiger partial charge in [0, 0.05) is 12.3 Å². The number of nitrogens with zero attached hydrogens (tertiary/aromatic N) is 1. The summed E-state index contributed by atoms with van der Waals surface area (Å²) in [7, 11) is 0. The first-order chi connectivity index (χ1) is 8.50. The maximum atomic E-state index is 11.8. The zero-order valence-electron chi connectivity index (χ0n) is 10.6. The van der Waals surface area contributed by atoms with E-state index in [2.05, 4.69) is 0 Å². The van der Waals surface area contributed by atoms with Gasteiger partial charge in [0.25, 0.3) is 0 Å². The molecule has 1 heterocycles. The lowest BCUT2D eigenvalue weighted by Gasteiger charge is -2.20. The molecule has 0 radical (unpaired) electrons. The highest BCUT2D eigenvalue weighted by molar-refractivity contribution is 6.03. The number of rotatable bonds is 3. The van der Waals surface area contributed by atoms with E-state index < -0.39 is 6.10 Å². The van der Waals surface area contributed by atoms with Crippen molar-refractivity contribution >= 4 is 11.8 Å². The Morgan fingerprint density at radius 3 is 2.61 bits per heavy atom. The fourth-order valence-electron chi connectivity index (χ4n) is 2.27. The topological polar surface area (TPSA) is 57.6 Å². The van der Waals surface area contributed by atoms with E-state index in [-0.39, 0.29) is 30.7 Å². The number of benzene rings is 1. The molecule has 1 aliphatic rings. The fourth-order valence-corrected chi connectivity index (χ4v) is 2.27. The van der Waals surface area contributed by atoms with Crippen LogP contribution in [0.4, 0.5) is 0 Å². The molecule has 96 valence electrons. The second kappa shape index (κ2) is 4.90. The lowest BCUT2D eigenvalue weighted by atomic mass is 10.0. The van der Waals surface area contributed by atoms with Crippen molar-refractivity contribution in [2.24, 2.45) is 5.92 Å². The van der Waals surface area contributed by atoms with Crippen molar-refractivity contribution < 1.29 is 14.7 Å². The van der Waals surface area contributed by atoms with Crippen molar-refractivity contribution in [3.05, 3.63) is 35.4 Å².